The van der Waals surface area contributed by atoms with Gasteiger partial charge < -0.3 is 0 Å². The molecule has 10 aromatic rings. The molecule has 4 nitrogen and oxygen atoms in total. The van der Waals surface area contributed by atoms with E-state index in [1.807, 2.05) is 24.3 Å². The van der Waals surface area contributed by atoms with Crippen molar-refractivity contribution in [2.45, 2.75) is 0 Å². The number of benzene rings is 7. The predicted molar refractivity (Wildman–Crippen MR) is 203 cm³/mol. The van der Waals surface area contributed by atoms with Crippen LogP contribution >= 0.6 is 22.7 Å². The summed E-state index contributed by atoms with van der Waals surface area (Å²) in [5.41, 5.74) is 5.08. The average Bonchev–Trinajstić information content (AvgIpc) is 3.74. The minimum absolute atomic E-state index is 0.655. The molecule has 0 unspecified atom stereocenters. The molecule has 7 aromatic carbocycles. The summed E-state index contributed by atoms with van der Waals surface area (Å²) in [7, 11) is 0. The second-order valence-corrected chi connectivity index (χ2v) is 14.0. The molecule has 0 atom stereocenters. The van der Waals surface area contributed by atoms with Gasteiger partial charge in [0, 0.05) is 42.4 Å². The van der Waals surface area contributed by atoms with Crippen LogP contribution in [-0.4, -0.2) is 19.9 Å². The third-order valence-corrected chi connectivity index (χ3v) is 11.1. The molecule has 0 fully saturated rings. The number of hydrogen-bond acceptors (Lipinski definition) is 6. The number of hydrogen-bond donors (Lipinski definition) is 0. The third kappa shape index (κ3) is 4.49. The van der Waals surface area contributed by atoms with E-state index in [0.717, 1.165) is 38.2 Å². The Bertz CT molecular complexity index is 2840. The lowest BCUT2D eigenvalue weighted by molar-refractivity contribution is 1.08. The molecule has 0 aliphatic rings. The van der Waals surface area contributed by atoms with E-state index in [1.165, 1.54) is 41.0 Å². The molecule has 0 saturated carbocycles. The van der Waals surface area contributed by atoms with Gasteiger partial charge in [-0.05, 0) is 45.8 Å². The third-order valence-electron chi connectivity index (χ3n) is 8.94. The molecule has 48 heavy (non-hydrogen) atoms. The average molecular weight is 649 g/mol. The topological polar surface area (TPSA) is 51.6 Å². The van der Waals surface area contributed by atoms with E-state index in [4.69, 9.17) is 19.9 Å². The first-order valence-electron chi connectivity index (χ1n) is 15.8. The second-order valence-electron chi connectivity index (χ2n) is 11.9. The van der Waals surface area contributed by atoms with Crippen LogP contribution in [0.3, 0.4) is 0 Å². The van der Waals surface area contributed by atoms with Crippen LogP contribution in [-0.2, 0) is 0 Å². The molecular weight excluding hydrogens is 625 g/mol. The van der Waals surface area contributed by atoms with E-state index in [-0.39, 0.29) is 0 Å². The van der Waals surface area contributed by atoms with E-state index >= 15 is 0 Å². The van der Waals surface area contributed by atoms with E-state index in [9.17, 15) is 0 Å². The van der Waals surface area contributed by atoms with Crippen molar-refractivity contribution in [2.24, 2.45) is 0 Å². The lowest BCUT2D eigenvalue weighted by Gasteiger charge is -2.11. The minimum atomic E-state index is 0.655. The van der Waals surface area contributed by atoms with Crippen molar-refractivity contribution in [3.63, 3.8) is 0 Å². The number of nitrogens with zero attached hydrogens (tertiary/aromatic N) is 4. The molecule has 0 N–H and O–H groups in total. The van der Waals surface area contributed by atoms with Gasteiger partial charge in [-0.1, -0.05) is 121 Å². The van der Waals surface area contributed by atoms with Gasteiger partial charge in [0.05, 0.1) is 10.2 Å². The van der Waals surface area contributed by atoms with Crippen molar-refractivity contribution < 1.29 is 0 Å². The lowest BCUT2D eigenvalue weighted by atomic mass is 9.99. The molecule has 10 rings (SSSR count). The lowest BCUT2D eigenvalue weighted by Crippen LogP contribution is -2.00. The van der Waals surface area contributed by atoms with Crippen LogP contribution < -0.4 is 0 Å². The van der Waals surface area contributed by atoms with Gasteiger partial charge in [-0.25, -0.2) is 19.9 Å². The van der Waals surface area contributed by atoms with E-state index < -0.39 is 0 Å². The smallest absolute Gasteiger partial charge is 0.164 e. The van der Waals surface area contributed by atoms with Crippen molar-refractivity contribution in [1.29, 1.82) is 0 Å². The normalized spacial score (nSPS) is 11.8. The number of rotatable bonds is 4. The summed E-state index contributed by atoms with van der Waals surface area (Å²) < 4.78 is 3.57. The summed E-state index contributed by atoms with van der Waals surface area (Å²) in [6.07, 6.45) is 0. The van der Waals surface area contributed by atoms with Gasteiger partial charge in [-0.3, -0.25) is 0 Å². The molecule has 0 spiro atoms. The molecule has 0 radical (unpaired) electrons. The quantitative estimate of drug-likeness (QED) is 0.178. The van der Waals surface area contributed by atoms with Gasteiger partial charge >= 0.3 is 0 Å². The fraction of sp³-hybridized carbons (Fsp3) is 0. The Balaban J connectivity index is 1.20. The van der Waals surface area contributed by atoms with Crippen LogP contribution in [0.4, 0.5) is 0 Å². The van der Waals surface area contributed by atoms with Gasteiger partial charge in [-0.2, -0.15) is 0 Å². The maximum Gasteiger partial charge on any atom is 0.164 e. The Kier molecular flexibility index (Phi) is 6.19. The van der Waals surface area contributed by atoms with E-state index in [2.05, 4.69) is 121 Å². The number of aromatic nitrogens is 4. The van der Waals surface area contributed by atoms with Gasteiger partial charge in [0.15, 0.2) is 17.5 Å². The zero-order chi connectivity index (χ0) is 31.6. The molecule has 3 heterocycles. The van der Waals surface area contributed by atoms with Crippen LogP contribution in [0.5, 0.6) is 0 Å². The van der Waals surface area contributed by atoms with Gasteiger partial charge in [-0.15, -0.1) is 22.7 Å². The summed E-state index contributed by atoms with van der Waals surface area (Å²) in [6, 6.07) is 50.9. The highest BCUT2D eigenvalue weighted by atomic mass is 32.1. The van der Waals surface area contributed by atoms with Crippen molar-refractivity contribution in [1.82, 2.24) is 19.9 Å². The van der Waals surface area contributed by atoms with Crippen molar-refractivity contribution in [3.8, 4) is 44.7 Å². The second kappa shape index (κ2) is 10.9. The zero-order valence-electron chi connectivity index (χ0n) is 25.5. The number of thiazole rings is 1. The first kappa shape index (κ1) is 27.3. The first-order chi connectivity index (χ1) is 23.7. The Labute approximate surface area is 283 Å². The van der Waals surface area contributed by atoms with Gasteiger partial charge in [0.1, 0.15) is 5.01 Å². The van der Waals surface area contributed by atoms with Crippen molar-refractivity contribution in [2.75, 3.05) is 0 Å². The Hall–Kier alpha value is -5.82. The summed E-state index contributed by atoms with van der Waals surface area (Å²) in [5, 5.41) is 8.19. The Morgan fingerprint density at radius 1 is 0.375 bits per heavy atom. The standard InChI is InChI=1S/C42H24N4S2/c1-3-11-27(12-4-1)39-44-40(29-21-20-26-19-18-25-10-7-8-15-30(25)32(26)22-29)46-41(45-39)31-16-9-17-35-38(31)33-23-37-34(24-36(33)47-35)43-42(48-37)28-13-5-2-6-14-28/h1-24H. The summed E-state index contributed by atoms with van der Waals surface area (Å²) in [4.78, 5) is 20.4. The molecule has 3 aromatic heterocycles. The summed E-state index contributed by atoms with van der Waals surface area (Å²) in [5.74, 6) is 1.97. The molecule has 0 saturated heterocycles. The molecule has 6 heteroatoms. The van der Waals surface area contributed by atoms with Crippen LogP contribution in [0, 0.1) is 0 Å². The first-order valence-corrected chi connectivity index (χ1v) is 17.4. The van der Waals surface area contributed by atoms with Crippen LogP contribution in [0.25, 0.3) is 96.7 Å². The Morgan fingerprint density at radius 2 is 1.06 bits per heavy atom. The fourth-order valence-corrected chi connectivity index (χ4v) is 8.76. The predicted octanol–water partition coefficient (Wildman–Crippen LogP) is 11.8. The SMILES string of the molecule is c1ccc(-c2nc(-c3ccc4ccc5ccccc5c4c3)nc(-c3cccc4sc5cc6nc(-c7ccccc7)sc6cc5c34)n2)cc1. The fourth-order valence-electron chi connectivity index (χ4n) is 6.62. The van der Waals surface area contributed by atoms with Crippen molar-refractivity contribution in [3.05, 3.63) is 146 Å². The van der Waals surface area contributed by atoms with Gasteiger partial charge in [0.2, 0.25) is 0 Å². The number of thiophene rings is 1. The maximum atomic E-state index is 5.20. The zero-order valence-corrected chi connectivity index (χ0v) is 27.1. The Morgan fingerprint density at radius 3 is 1.90 bits per heavy atom. The van der Waals surface area contributed by atoms with Gasteiger partial charge in [0.25, 0.3) is 0 Å². The largest absolute Gasteiger partial charge is 0.236 e. The molecular formula is C42H24N4S2. The summed E-state index contributed by atoms with van der Waals surface area (Å²) >= 11 is 3.52. The molecule has 224 valence electrons. The number of fused-ring (bicyclic) bond motifs is 7. The van der Waals surface area contributed by atoms with Crippen LogP contribution in [0.2, 0.25) is 0 Å². The molecule has 0 amide bonds. The maximum absolute atomic E-state index is 5.20. The summed E-state index contributed by atoms with van der Waals surface area (Å²) in [6.45, 7) is 0. The monoisotopic (exact) mass is 648 g/mol. The highest BCUT2D eigenvalue weighted by Crippen LogP contribution is 2.43. The van der Waals surface area contributed by atoms with E-state index in [0.29, 0.717) is 17.5 Å². The van der Waals surface area contributed by atoms with Crippen molar-refractivity contribution >= 4 is 74.6 Å². The minimum Gasteiger partial charge on any atom is -0.236 e. The molecule has 0 bridgehead atoms. The van der Waals surface area contributed by atoms with Crippen LogP contribution in [0.1, 0.15) is 0 Å². The molecule has 0 aliphatic carbocycles. The van der Waals surface area contributed by atoms with Crippen LogP contribution in [0.15, 0.2) is 146 Å². The van der Waals surface area contributed by atoms with E-state index in [1.54, 1.807) is 22.7 Å². The highest BCUT2D eigenvalue weighted by molar-refractivity contribution is 7.26. The highest BCUT2D eigenvalue weighted by Gasteiger charge is 2.19. The molecule has 0 aliphatic heterocycles.